The van der Waals surface area contributed by atoms with Crippen LogP contribution in [0, 0.1) is 0 Å². The van der Waals surface area contributed by atoms with E-state index in [1.807, 2.05) is 12.1 Å². The molecule has 3 rings (SSSR count). The van der Waals surface area contributed by atoms with E-state index in [2.05, 4.69) is 10.2 Å². The molecule has 0 aliphatic carbocycles. The van der Waals surface area contributed by atoms with Crippen LogP contribution in [-0.2, 0) is 11.2 Å². The first-order valence-corrected chi connectivity index (χ1v) is 8.40. The number of aromatic amines is 1. The Kier molecular flexibility index (Phi) is 5.14. The highest BCUT2D eigenvalue weighted by molar-refractivity contribution is 7.94. The Morgan fingerprint density at radius 3 is 2.72 bits per heavy atom. The Hall–Kier alpha value is -2.67. The van der Waals surface area contributed by atoms with Crippen molar-refractivity contribution in [3.63, 3.8) is 0 Å². The summed E-state index contributed by atoms with van der Waals surface area (Å²) in [7, 11) is 0. The number of nitrogens with one attached hydrogen (secondary N) is 1. The SMILES string of the molecule is CCOC(=O)c1cc(Cc2n[nH]c(=O)c3ccccc23)ccc1SF. The number of hydrogen-bond acceptors (Lipinski definition) is 5. The molecule has 0 amide bonds. The van der Waals surface area contributed by atoms with E-state index >= 15 is 0 Å². The molecule has 3 aromatic rings. The van der Waals surface area contributed by atoms with Crippen molar-refractivity contribution in [1.29, 1.82) is 0 Å². The lowest BCUT2D eigenvalue weighted by atomic mass is 10.0. The minimum Gasteiger partial charge on any atom is -0.462 e. The molecule has 7 heteroatoms. The summed E-state index contributed by atoms with van der Waals surface area (Å²) in [6.07, 6.45) is 0.390. The van der Waals surface area contributed by atoms with Crippen LogP contribution in [0.5, 0.6) is 0 Å². The summed E-state index contributed by atoms with van der Waals surface area (Å²) in [5, 5.41) is 7.90. The van der Waals surface area contributed by atoms with Crippen LogP contribution in [0.25, 0.3) is 10.8 Å². The highest BCUT2D eigenvalue weighted by Crippen LogP contribution is 2.27. The molecule has 0 fully saturated rings. The first kappa shape index (κ1) is 17.2. The van der Waals surface area contributed by atoms with Gasteiger partial charge in [-0.2, -0.15) is 8.98 Å². The highest BCUT2D eigenvalue weighted by atomic mass is 32.2. The smallest absolute Gasteiger partial charge is 0.339 e. The van der Waals surface area contributed by atoms with Crippen LogP contribution in [0.3, 0.4) is 0 Å². The van der Waals surface area contributed by atoms with Gasteiger partial charge in [0.1, 0.15) is 0 Å². The van der Waals surface area contributed by atoms with Crippen LogP contribution in [0.2, 0.25) is 0 Å². The average Bonchev–Trinajstić information content (AvgIpc) is 2.64. The molecule has 128 valence electrons. The van der Waals surface area contributed by atoms with Crippen molar-refractivity contribution in [2.75, 3.05) is 6.61 Å². The number of fused-ring (bicyclic) bond motifs is 1. The van der Waals surface area contributed by atoms with Crippen LogP contribution in [0.15, 0.2) is 52.2 Å². The largest absolute Gasteiger partial charge is 0.462 e. The lowest BCUT2D eigenvalue weighted by molar-refractivity contribution is 0.0522. The summed E-state index contributed by atoms with van der Waals surface area (Å²) in [4.78, 5) is 24.1. The molecule has 1 N–H and O–H groups in total. The van der Waals surface area contributed by atoms with Gasteiger partial charge in [0, 0.05) is 11.8 Å². The lowest BCUT2D eigenvalue weighted by Crippen LogP contribution is -2.11. The number of halogens is 1. The fraction of sp³-hybridized carbons (Fsp3) is 0.167. The molecule has 5 nitrogen and oxygen atoms in total. The maximum absolute atomic E-state index is 13.1. The van der Waals surface area contributed by atoms with Crippen LogP contribution in [0.1, 0.15) is 28.5 Å². The van der Waals surface area contributed by atoms with Gasteiger partial charge in [-0.1, -0.05) is 24.3 Å². The minimum atomic E-state index is -0.566. The number of rotatable bonds is 5. The topological polar surface area (TPSA) is 72.0 Å². The summed E-state index contributed by atoms with van der Waals surface area (Å²) < 4.78 is 18.0. The van der Waals surface area contributed by atoms with E-state index in [-0.39, 0.29) is 34.8 Å². The summed E-state index contributed by atoms with van der Waals surface area (Å²) in [6, 6.07) is 12.0. The first-order chi connectivity index (χ1) is 12.1. The molecule has 2 aromatic carbocycles. The average molecular weight is 358 g/mol. The maximum atomic E-state index is 13.1. The number of ether oxygens (including phenoxy) is 1. The van der Waals surface area contributed by atoms with Crippen molar-refractivity contribution in [2.24, 2.45) is 0 Å². The zero-order valence-corrected chi connectivity index (χ0v) is 14.2. The second-order valence-corrected chi connectivity index (χ2v) is 5.94. The monoisotopic (exact) mass is 358 g/mol. The van der Waals surface area contributed by atoms with E-state index < -0.39 is 5.97 Å². The number of hydrogen-bond donors (Lipinski definition) is 1. The summed E-state index contributed by atoms with van der Waals surface area (Å²) in [5.41, 5.74) is 1.37. The number of carbonyl (C=O) groups excluding carboxylic acids is 1. The van der Waals surface area contributed by atoms with E-state index in [0.717, 1.165) is 10.9 Å². The van der Waals surface area contributed by atoms with Gasteiger partial charge in [-0.15, -0.1) is 0 Å². The molecule has 25 heavy (non-hydrogen) atoms. The zero-order valence-electron chi connectivity index (χ0n) is 13.4. The maximum Gasteiger partial charge on any atom is 0.339 e. The molecule has 0 unspecified atom stereocenters. The number of nitrogens with zero attached hydrogens (tertiary/aromatic N) is 1. The van der Waals surface area contributed by atoms with Gasteiger partial charge < -0.3 is 4.74 Å². The number of esters is 1. The number of H-pyrrole nitrogens is 1. The van der Waals surface area contributed by atoms with Gasteiger partial charge in [-0.05, 0) is 30.7 Å². The molecule has 1 aromatic heterocycles. The van der Waals surface area contributed by atoms with Crippen molar-refractivity contribution in [3.05, 3.63) is 69.6 Å². The quantitative estimate of drug-likeness (QED) is 0.705. The Morgan fingerprint density at radius 1 is 1.24 bits per heavy atom. The first-order valence-electron chi connectivity index (χ1n) is 7.69. The van der Waals surface area contributed by atoms with Crippen LogP contribution in [-0.4, -0.2) is 22.8 Å². The Bertz CT molecular complexity index is 987. The molecule has 0 bridgehead atoms. The third-order valence-electron chi connectivity index (χ3n) is 3.77. The lowest BCUT2D eigenvalue weighted by Gasteiger charge is -2.09. The van der Waals surface area contributed by atoms with Crippen LogP contribution < -0.4 is 5.56 Å². The number of benzene rings is 2. The normalized spacial score (nSPS) is 10.8. The molecule has 0 spiro atoms. The van der Waals surface area contributed by atoms with Gasteiger partial charge in [0.25, 0.3) is 5.56 Å². The van der Waals surface area contributed by atoms with Gasteiger partial charge in [-0.25, -0.2) is 9.89 Å². The Labute approximate surface area is 147 Å². The summed E-state index contributed by atoms with van der Waals surface area (Å²) >= 11 is 0.00517. The second kappa shape index (κ2) is 7.48. The van der Waals surface area contributed by atoms with E-state index in [1.54, 1.807) is 37.3 Å². The van der Waals surface area contributed by atoms with Crippen molar-refractivity contribution < 1.29 is 13.4 Å². The standard InChI is InChI=1S/C18H15FN2O3S/c1-2-24-18(23)14-9-11(7-8-16(14)25-19)10-15-12-5-3-4-6-13(12)17(22)21-20-15/h3-9H,2,10H2,1H3,(H,21,22). The molecule has 0 aliphatic heterocycles. The van der Waals surface area contributed by atoms with E-state index in [0.29, 0.717) is 17.5 Å². The van der Waals surface area contributed by atoms with E-state index in [4.69, 9.17) is 4.74 Å². The minimum absolute atomic E-state index is 0.00517. The van der Waals surface area contributed by atoms with Crippen LogP contribution in [0.4, 0.5) is 3.89 Å². The Morgan fingerprint density at radius 2 is 2.00 bits per heavy atom. The van der Waals surface area contributed by atoms with Gasteiger partial charge in [0.2, 0.25) is 0 Å². The molecular formula is C18H15FN2O3S. The third kappa shape index (κ3) is 3.56. The molecule has 0 atom stereocenters. The van der Waals surface area contributed by atoms with Crippen molar-refractivity contribution in [3.8, 4) is 0 Å². The summed E-state index contributed by atoms with van der Waals surface area (Å²) in [5.74, 6) is -0.566. The molecule has 0 saturated carbocycles. The van der Waals surface area contributed by atoms with Gasteiger partial charge >= 0.3 is 5.97 Å². The fourth-order valence-electron chi connectivity index (χ4n) is 2.62. The highest BCUT2D eigenvalue weighted by Gasteiger charge is 2.15. The van der Waals surface area contributed by atoms with Crippen LogP contribution >= 0.6 is 12.1 Å². The predicted molar refractivity (Wildman–Crippen MR) is 94.5 cm³/mol. The Balaban J connectivity index is 2.02. The fourth-order valence-corrected chi connectivity index (χ4v) is 2.97. The van der Waals surface area contributed by atoms with Gasteiger partial charge in [0.15, 0.2) is 0 Å². The molecular weight excluding hydrogens is 343 g/mol. The number of aromatic nitrogens is 2. The van der Waals surface area contributed by atoms with Gasteiger partial charge in [0.05, 0.1) is 40.3 Å². The molecule has 0 radical (unpaired) electrons. The third-order valence-corrected chi connectivity index (χ3v) is 4.29. The van der Waals surface area contributed by atoms with E-state index in [1.165, 1.54) is 0 Å². The predicted octanol–water partition coefficient (Wildman–Crippen LogP) is 3.67. The van der Waals surface area contributed by atoms with Crippen molar-refractivity contribution in [2.45, 2.75) is 18.2 Å². The van der Waals surface area contributed by atoms with Crippen molar-refractivity contribution >= 4 is 28.9 Å². The molecule has 0 aliphatic rings. The second-order valence-electron chi connectivity index (χ2n) is 5.35. The van der Waals surface area contributed by atoms with E-state index in [9.17, 15) is 13.5 Å². The zero-order chi connectivity index (χ0) is 17.8. The van der Waals surface area contributed by atoms with Gasteiger partial charge in [-0.3, -0.25) is 4.79 Å². The summed E-state index contributed by atoms with van der Waals surface area (Å²) in [6.45, 7) is 1.91. The molecule has 1 heterocycles. The van der Waals surface area contributed by atoms with Crippen molar-refractivity contribution in [1.82, 2.24) is 10.2 Å². The molecule has 0 saturated heterocycles. The number of carbonyl (C=O) groups is 1.